The molecule has 0 amide bonds. The smallest absolute Gasteiger partial charge is 0.161 e. The molecular weight excluding hydrogens is 399 g/mol. The van der Waals surface area contributed by atoms with Gasteiger partial charge in [0.05, 0.1) is 15.9 Å². The van der Waals surface area contributed by atoms with Crippen molar-refractivity contribution in [2.45, 2.75) is 4.90 Å². The molecule has 0 bridgehead atoms. The number of aromatic nitrogens is 2. The maximum absolute atomic E-state index is 13.8. The van der Waals surface area contributed by atoms with Crippen LogP contribution in [0.15, 0.2) is 59.5 Å². The predicted molar refractivity (Wildman–Crippen MR) is 107 cm³/mol. The second kappa shape index (κ2) is 7.65. The zero-order valence-electron chi connectivity index (χ0n) is 14.8. The quantitative estimate of drug-likeness (QED) is 0.472. The van der Waals surface area contributed by atoms with Crippen LogP contribution in [-0.2, 0) is 11.0 Å². The van der Waals surface area contributed by atoms with Crippen molar-refractivity contribution in [3.8, 4) is 11.1 Å². The van der Waals surface area contributed by atoms with Gasteiger partial charge < -0.3 is 4.98 Å². The fraction of sp³-hybridized carbons (Fsp3) is 0. The van der Waals surface area contributed by atoms with E-state index in [4.69, 9.17) is 5.14 Å². The van der Waals surface area contributed by atoms with E-state index in [0.29, 0.717) is 27.8 Å². The highest BCUT2D eigenvalue weighted by Gasteiger charge is 2.11. The lowest BCUT2D eigenvalue weighted by molar-refractivity contribution is 0.494. The average Bonchev–Trinajstić information content (AvgIpc) is 3.11. The third kappa shape index (κ3) is 3.85. The Bertz CT molecular complexity index is 1280. The van der Waals surface area contributed by atoms with Crippen LogP contribution in [0.5, 0.6) is 0 Å². The van der Waals surface area contributed by atoms with Crippen molar-refractivity contribution in [3.63, 3.8) is 0 Å². The van der Waals surface area contributed by atoms with Gasteiger partial charge in [-0.1, -0.05) is 24.3 Å². The molecule has 4 aromatic rings. The molecular formula is C21H14F3N3OS. The summed E-state index contributed by atoms with van der Waals surface area (Å²) < 4.78 is 51.9. The van der Waals surface area contributed by atoms with E-state index in [-0.39, 0.29) is 5.56 Å². The third-order valence-corrected chi connectivity index (χ3v) is 5.16. The lowest BCUT2D eigenvalue weighted by atomic mass is 10.1. The number of fused-ring (bicyclic) bond motifs is 1. The number of rotatable bonds is 4. The highest BCUT2D eigenvalue weighted by Crippen LogP contribution is 2.28. The standard InChI is InChI=1S/C21H14F3N3OS/c22-15-11-17(24)16(23)9-13(15)6-8-21-26-18-7-5-12(10-19(18)27-21)14-3-1-2-4-20(14)29(25)28/h1-11H,25H2,(H,26,27)/b8-6+. The lowest BCUT2D eigenvalue weighted by Gasteiger charge is -2.06. The van der Waals surface area contributed by atoms with E-state index in [1.54, 1.807) is 18.2 Å². The highest BCUT2D eigenvalue weighted by molar-refractivity contribution is 7.82. The second-order valence-electron chi connectivity index (χ2n) is 6.27. The van der Waals surface area contributed by atoms with E-state index >= 15 is 0 Å². The van der Waals surface area contributed by atoms with Crippen molar-refractivity contribution in [2.24, 2.45) is 5.14 Å². The Hall–Kier alpha value is -3.23. The average molecular weight is 413 g/mol. The van der Waals surface area contributed by atoms with Gasteiger partial charge in [-0.2, -0.15) is 0 Å². The molecule has 29 heavy (non-hydrogen) atoms. The molecule has 3 aromatic carbocycles. The Morgan fingerprint density at radius 3 is 2.48 bits per heavy atom. The van der Waals surface area contributed by atoms with Crippen molar-refractivity contribution >= 4 is 34.2 Å². The van der Waals surface area contributed by atoms with Gasteiger partial charge in [0, 0.05) is 11.6 Å². The van der Waals surface area contributed by atoms with E-state index in [1.807, 2.05) is 24.3 Å². The van der Waals surface area contributed by atoms with Gasteiger partial charge in [0.25, 0.3) is 0 Å². The second-order valence-corrected chi connectivity index (χ2v) is 7.30. The van der Waals surface area contributed by atoms with E-state index in [2.05, 4.69) is 9.97 Å². The SMILES string of the molecule is NS(=O)c1ccccc1-c1ccc2nc(/C=C/c3cc(F)c(F)cc3F)[nH]c2c1. The molecule has 0 radical (unpaired) electrons. The summed E-state index contributed by atoms with van der Waals surface area (Å²) in [7, 11) is -1.63. The Morgan fingerprint density at radius 1 is 0.931 bits per heavy atom. The predicted octanol–water partition coefficient (Wildman–Crippen LogP) is 4.80. The fourth-order valence-corrected chi connectivity index (χ4v) is 3.61. The van der Waals surface area contributed by atoms with Crippen molar-refractivity contribution in [1.29, 1.82) is 0 Å². The molecule has 4 rings (SSSR count). The maximum Gasteiger partial charge on any atom is 0.161 e. The highest BCUT2D eigenvalue weighted by atomic mass is 32.2. The maximum atomic E-state index is 13.8. The zero-order chi connectivity index (χ0) is 20.5. The minimum atomic E-state index is -1.63. The van der Waals surface area contributed by atoms with Crippen molar-refractivity contribution < 1.29 is 17.4 Å². The first-order chi connectivity index (χ1) is 13.9. The molecule has 0 spiro atoms. The van der Waals surface area contributed by atoms with Gasteiger partial charge in [-0.05, 0) is 47.5 Å². The molecule has 1 unspecified atom stereocenters. The number of hydrogen-bond donors (Lipinski definition) is 2. The molecule has 0 saturated heterocycles. The number of hydrogen-bond acceptors (Lipinski definition) is 2. The molecule has 1 atom stereocenters. The molecule has 146 valence electrons. The molecule has 0 aliphatic heterocycles. The van der Waals surface area contributed by atoms with E-state index < -0.39 is 28.4 Å². The summed E-state index contributed by atoms with van der Waals surface area (Å²) in [6, 6.07) is 13.8. The number of nitrogens with two attached hydrogens (primary N) is 1. The molecule has 1 heterocycles. The van der Waals surface area contributed by atoms with Gasteiger partial charge in [-0.15, -0.1) is 0 Å². The molecule has 4 nitrogen and oxygen atoms in total. The molecule has 0 aliphatic carbocycles. The Balaban J connectivity index is 1.70. The summed E-state index contributed by atoms with van der Waals surface area (Å²) in [5.41, 5.74) is 2.81. The van der Waals surface area contributed by atoms with Crippen LogP contribution in [0.3, 0.4) is 0 Å². The Morgan fingerprint density at radius 2 is 1.69 bits per heavy atom. The minimum Gasteiger partial charge on any atom is -0.338 e. The summed E-state index contributed by atoms with van der Waals surface area (Å²) in [4.78, 5) is 7.96. The molecule has 0 saturated carbocycles. The summed E-state index contributed by atoms with van der Waals surface area (Å²) >= 11 is 0. The lowest BCUT2D eigenvalue weighted by Crippen LogP contribution is -2.04. The molecule has 3 N–H and O–H groups in total. The van der Waals surface area contributed by atoms with Crippen molar-refractivity contribution in [3.05, 3.63) is 83.4 Å². The molecule has 1 aromatic heterocycles. The van der Waals surface area contributed by atoms with Gasteiger partial charge in [0.15, 0.2) is 11.6 Å². The van der Waals surface area contributed by atoms with Crippen LogP contribution >= 0.6 is 0 Å². The largest absolute Gasteiger partial charge is 0.338 e. The first-order valence-electron chi connectivity index (χ1n) is 8.50. The van der Waals surface area contributed by atoms with Crippen molar-refractivity contribution in [2.75, 3.05) is 0 Å². The van der Waals surface area contributed by atoms with Crippen molar-refractivity contribution in [1.82, 2.24) is 9.97 Å². The van der Waals surface area contributed by atoms with Gasteiger partial charge in [-0.3, -0.25) is 0 Å². The summed E-state index contributed by atoms with van der Waals surface area (Å²) in [6.07, 6.45) is 2.78. The topological polar surface area (TPSA) is 71.8 Å². The first kappa shape index (κ1) is 19.1. The Kier molecular flexibility index (Phi) is 5.04. The normalized spacial score (nSPS) is 12.7. The minimum absolute atomic E-state index is 0.0932. The van der Waals surface area contributed by atoms with Gasteiger partial charge >= 0.3 is 0 Å². The zero-order valence-corrected chi connectivity index (χ0v) is 15.6. The van der Waals surface area contributed by atoms with Crippen LogP contribution in [-0.4, -0.2) is 14.2 Å². The van der Waals surface area contributed by atoms with Crippen LogP contribution in [0.1, 0.15) is 11.4 Å². The Labute approximate surface area is 166 Å². The number of benzene rings is 3. The van der Waals surface area contributed by atoms with E-state index in [0.717, 1.165) is 17.2 Å². The number of halogens is 3. The molecule has 0 fully saturated rings. The van der Waals surface area contributed by atoms with Gasteiger partial charge in [-0.25, -0.2) is 27.5 Å². The number of nitrogens with one attached hydrogen (secondary N) is 1. The van der Waals surface area contributed by atoms with Crippen LogP contribution in [0.4, 0.5) is 13.2 Å². The summed E-state index contributed by atoms with van der Waals surface area (Å²) in [5, 5.41) is 5.56. The summed E-state index contributed by atoms with van der Waals surface area (Å²) in [5.74, 6) is -2.83. The van der Waals surface area contributed by atoms with E-state index in [9.17, 15) is 17.4 Å². The van der Waals surface area contributed by atoms with Crippen LogP contribution in [0.2, 0.25) is 0 Å². The van der Waals surface area contributed by atoms with E-state index in [1.165, 1.54) is 12.2 Å². The summed E-state index contributed by atoms with van der Waals surface area (Å²) in [6.45, 7) is 0. The number of H-pyrrole nitrogens is 1. The van der Waals surface area contributed by atoms with Crippen LogP contribution in [0, 0.1) is 17.5 Å². The first-order valence-corrected chi connectivity index (χ1v) is 9.71. The molecule has 0 aliphatic rings. The van der Waals surface area contributed by atoms with Crippen LogP contribution < -0.4 is 5.14 Å². The number of imidazole rings is 1. The van der Waals surface area contributed by atoms with Gasteiger partial charge in [0.2, 0.25) is 0 Å². The van der Waals surface area contributed by atoms with Gasteiger partial charge in [0.1, 0.15) is 22.6 Å². The fourth-order valence-electron chi connectivity index (χ4n) is 2.99. The monoisotopic (exact) mass is 413 g/mol. The van der Waals surface area contributed by atoms with Crippen LogP contribution in [0.25, 0.3) is 34.3 Å². The number of aromatic amines is 1. The molecule has 8 heteroatoms. The third-order valence-electron chi connectivity index (χ3n) is 4.38. The number of nitrogens with zero attached hydrogens (tertiary/aromatic N) is 1.